The molecule has 3 aliphatic heterocycles. The van der Waals surface area contributed by atoms with E-state index in [2.05, 4.69) is 11.0 Å². The fourth-order valence-electron chi connectivity index (χ4n) is 6.24. The summed E-state index contributed by atoms with van der Waals surface area (Å²) in [4.78, 5) is 20.6. The predicted octanol–water partition coefficient (Wildman–Crippen LogP) is 4.11. The third-order valence-corrected chi connectivity index (χ3v) is 11.7. The first-order valence-electron chi connectivity index (χ1n) is 14.1. The molecule has 0 unspecified atom stereocenters. The van der Waals surface area contributed by atoms with E-state index in [4.69, 9.17) is 9.47 Å². The molecule has 1 atom stereocenters. The fraction of sp³-hybridized carbons (Fsp3) is 0.621. The van der Waals surface area contributed by atoms with Crippen LogP contribution < -0.4 is 4.74 Å². The van der Waals surface area contributed by atoms with Crippen LogP contribution in [0.15, 0.2) is 23.1 Å². The number of benzene rings is 1. The van der Waals surface area contributed by atoms with Crippen LogP contribution in [0.1, 0.15) is 58.5 Å². The van der Waals surface area contributed by atoms with Crippen molar-refractivity contribution in [1.82, 2.24) is 14.1 Å². The van der Waals surface area contributed by atoms with Gasteiger partial charge < -0.3 is 14.4 Å². The Bertz CT molecular complexity index is 1260. The number of piperidine rings is 1. The lowest BCUT2D eigenvalue weighted by atomic mass is 10.1. The second kappa shape index (κ2) is 12.3. The first-order valence-corrected chi connectivity index (χ1v) is 16.4. The van der Waals surface area contributed by atoms with Crippen LogP contribution in [0.25, 0.3) is 0 Å². The monoisotopic (exact) mass is 575 g/mol. The summed E-state index contributed by atoms with van der Waals surface area (Å²) in [7, 11) is -2.11. The molecule has 2 aromatic rings. The Labute approximate surface area is 236 Å². The fourth-order valence-corrected chi connectivity index (χ4v) is 9.55. The number of likely N-dealkylation sites (tertiary alicyclic amines) is 1. The largest absolute Gasteiger partial charge is 0.497 e. The predicted molar refractivity (Wildman–Crippen MR) is 153 cm³/mol. The molecule has 2 fully saturated rings. The molecule has 214 valence electrons. The summed E-state index contributed by atoms with van der Waals surface area (Å²) >= 11 is 1.90. The molecule has 2 saturated heterocycles. The Morgan fingerprint density at radius 1 is 1.03 bits per heavy atom. The lowest BCUT2D eigenvalue weighted by Gasteiger charge is -2.28. The Balaban J connectivity index is 1.15. The maximum atomic E-state index is 13.6. The molecule has 0 radical (unpaired) electrons. The smallest absolute Gasteiger partial charge is 0.248 e. The van der Waals surface area contributed by atoms with E-state index < -0.39 is 10.0 Å². The Morgan fingerprint density at radius 2 is 1.77 bits per heavy atom. The topological polar surface area (TPSA) is 79.4 Å². The van der Waals surface area contributed by atoms with Gasteiger partial charge in [0.15, 0.2) is 0 Å². The minimum atomic E-state index is -3.69. The van der Waals surface area contributed by atoms with Crippen molar-refractivity contribution >= 4 is 27.3 Å². The van der Waals surface area contributed by atoms with Gasteiger partial charge in [-0.25, -0.2) is 8.42 Å². The van der Waals surface area contributed by atoms with E-state index in [9.17, 15) is 13.2 Å². The number of hydrogen-bond acceptors (Lipinski definition) is 7. The number of thiophene rings is 1. The highest BCUT2D eigenvalue weighted by Crippen LogP contribution is 2.33. The number of ether oxygens (including phenoxy) is 2. The van der Waals surface area contributed by atoms with Crippen molar-refractivity contribution in [3.63, 3.8) is 0 Å². The zero-order valence-electron chi connectivity index (χ0n) is 23.4. The number of hydrogen-bond donors (Lipinski definition) is 0. The van der Waals surface area contributed by atoms with Crippen molar-refractivity contribution in [3.8, 4) is 5.75 Å². The molecular weight excluding hydrogens is 534 g/mol. The first-order chi connectivity index (χ1) is 18.8. The number of methoxy groups -OCH3 is 1. The number of sulfonamides is 1. The zero-order valence-corrected chi connectivity index (χ0v) is 25.0. The van der Waals surface area contributed by atoms with Crippen LogP contribution in [0.3, 0.4) is 0 Å². The standard InChI is InChI=1S/C29H41N3O5S2/c1-21-14-25(36-3)15-22(2)29(21)39(34,35)32-12-7-8-24(32)19-37-20-28(33)31-13-9-27-23(17-31)16-26(38-27)18-30-10-5-4-6-11-30/h14-16,24H,4-13,17-20H2,1-3H3/t24-/m0/s1. The van der Waals surface area contributed by atoms with E-state index in [0.29, 0.717) is 41.4 Å². The number of rotatable bonds is 9. The molecule has 0 bridgehead atoms. The molecule has 0 aliphatic carbocycles. The van der Waals surface area contributed by atoms with Crippen molar-refractivity contribution in [1.29, 1.82) is 0 Å². The second-order valence-corrected chi connectivity index (χ2v) is 14.1. The summed E-state index contributed by atoms with van der Waals surface area (Å²) in [5.74, 6) is 0.618. The highest BCUT2D eigenvalue weighted by Gasteiger charge is 2.37. The summed E-state index contributed by atoms with van der Waals surface area (Å²) in [5.41, 5.74) is 2.61. The molecule has 0 N–H and O–H groups in total. The number of carbonyl (C=O) groups excluding carboxylic acids is 1. The van der Waals surface area contributed by atoms with Gasteiger partial charge >= 0.3 is 0 Å². The van der Waals surface area contributed by atoms with Crippen molar-refractivity contribution in [2.24, 2.45) is 0 Å². The summed E-state index contributed by atoms with van der Waals surface area (Å²) in [6, 6.07) is 5.54. The molecule has 0 spiro atoms. The molecule has 5 rings (SSSR count). The number of aryl methyl sites for hydroxylation is 2. The van der Waals surface area contributed by atoms with Gasteiger partial charge in [-0.05, 0) is 93.9 Å². The highest BCUT2D eigenvalue weighted by molar-refractivity contribution is 7.89. The SMILES string of the molecule is COc1cc(C)c(S(=O)(=O)N2CCC[C@H]2COCC(=O)N2CCc3sc(CN4CCCCC4)cc3C2)c(C)c1. The van der Waals surface area contributed by atoms with Gasteiger partial charge in [-0.15, -0.1) is 11.3 Å². The lowest BCUT2D eigenvalue weighted by molar-refractivity contribution is -0.137. The van der Waals surface area contributed by atoms with E-state index in [0.717, 1.165) is 25.8 Å². The molecule has 0 saturated carbocycles. The van der Waals surface area contributed by atoms with Crippen molar-refractivity contribution in [2.75, 3.05) is 46.5 Å². The van der Waals surface area contributed by atoms with Crippen molar-refractivity contribution in [2.45, 2.75) is 76.4 Å². The van der Waals surface area contributed by atoms with Gasteiger partial charge in [0.25, 0.3) is 0 Å². The molecule has 1 amide bonds. The molecule has 10 heteroatoms. The molecule has 1 aromatic carbocycles. The average molecular weight is 576 g/mol. The lowest BCUT2D eigenvalue weighted by Crippen LogP contribution is -2.41. The van der Waals surface area contributed by atoms with E-state index in [-0.39, 0.29) is 25.2 Å². The van der Waals surface area contributed by atoms with E-state index in [1.807, 2.05) is 16.2 Å². The third kappa shape index (κ3) is 6.35. The first kappa shape index (κ1) is 28.5. The van der Waals surface area contributed by atoms with Crippen molar-refractivity contribution < 1.29 is 22.7 Å². The summed E-state index contributed by atoms with van der Waals surface area (Å²) < 4.78 is 40.0. The zero-order chi connectivity index (χ0) is 27.6. The third-order valence-electron chi connectivity index (χ3n) is 8.19. The van der Waals surface area contributed by atoms with Gasteiger partial charge in [0.2, 0.25) is 15.9 Å². The Kier molecular flexibility index (Phi) is 8.98. The Morgan fingerprint density at radius 3 is 2.49 bits per heavy atom. The van der Waals surface area contributed by atoms with Crippen LogP contribution in [0.4, 0.5) is 0 Å². The number of carbonyl (C=O) groups is 1. The van der Waals surface area contributed by atoms with Crippen LogP contribution >= 0.6 is 11.3 Å². The van der Waals surface area contributed by atoms with Gasteiger partial charge in [0.05, 0.1) is 18.6 Å². The normalized spacial score (nSPS) is 20.8. The molecular formula is C29H41N3O5S2. The summed E-state index contributed by atoms with van der Waals surface area (Å²) in [6.07, 6.45) is 6.32. The van der Waals surface area contributed by atoms with Gasteiger partial charge in [-0.3, -0.25) is 9.69 Å². The maximum Gasteiger partial charge on any atom is 0.248 e. The number of amides is 1. The van der Waals surface area contributed by atoms with Gasteiger partial charge in [-0.1, -0.05) is 6.42 Å². The minimum Gasteiger partial charge on any atom is -0.497 e. The average Bonchev–Trinajstić information content (AvgIpc) is 3.55. The summed E-state index contributed by atoms with van der Waals surface area (Å²) in [5, 5.41) is 0. The van der Waals surface area contributed by atoms with Crippen LogP contribution in [0, 0.1) is 13.8 Å². The molecule has 8 nitrogen and oxygen atoms in total. The van der Waals surface area contributed by atoms with E-state index in [1.165, 1.54) is 47.7 Å². The molecule has 39 heavy (non-hydrogen) atoms. The van der Waals surface area contributed by atoms with Gasteiger partial charge in [0, 0.05) is 42.0 Å². The van der Waals surface area contributed by atoms with Crippen LogP contribution in [-0.2, 0) is 39.1 Å². The second-order valence-electron chi connectivity index (χ2n) is 11.1. The Hall–Kier alpha value is -1.98. The van der Waals surface area contributed by atoms with Gasteiger partial charge in [-0.2, -0.15) is 4.31 Å². The maximum absolute atomic E-state index is 13.6. The highest BCUT2D eigenvalue weighted by atomic mass is 32.2. The van der Waals surface area contributed by atoms with Gasteiger partial charge in [0.1, 0.15) is 12.4 Å². The minimum absolute atomic E-state index is 0.0227. The number of fused-ring (bicyclic) bond motifs is 1. The molecule has 4 heterocycles. The van der Waals surface area contributed by atoms with Crippen LogP contribution in [0.2, 0.25) is 0 Å². The van der Waals surface area contributed by atoms with Crippen molar-refractivity contribution in [3.05, 3.63) is 44.6 Å². The summed E-state index contributed by atoms with van der Waals surface area (Å²) in [6.45, 7) is 8.99. The quantitative estimate of drug-likeness (QED) is 0.448. The van der Waals surface area contributed by atoms with Crippen LogP contribution in [0.5, 0.6) is 5.75 Å². The molecule has 3 aliphatic rings. The van der Waals surface area contributed by atoms with Crippen LogP contribution in [-0.4, -0.2) is 81.0 Å². The van der Waals surface area contributed by atoms with E-state index in [1.54, 1.807) is 37.4 Å². The van der Waals surface area contributed by atoms with E-state index >= 15 is 0 Å². The number of nitrogens with zero attached hydrogens (tertiary/aromatic N) is 3. The molecule has 1 aromatic heterocycles.